The summed E-state index contributed by atoms with van der Waals surface area (Å²) in [6, 6.07) is 11.8. The van der Waals surface area contributed by atoms with Gasteiger partial charge < -0.3 is 9.47 Å². The number of hydrogen-bond acceptors (Lipinski definition) is 6. The molecule has 0 amide bonds. The maximum atomic E-state index is 11.3. The molecule has 0 radical (unpaired) electrons. The minimum absolute atomic E-state index is 0.0258. The van der Waals surface area contributed by atoms with Gasteiger partial charge in [-0.05, 0) is 54.8 Å². The summed E-state index contributed by atoms with van der Waals surface area (Å²) in [6.45, 7) is 1.81. The van der Waals surface area contributed by atoms with Gasteiger partial charge in [0.2, 0.25) is 0 Å². The normalized spacial score (nSPS) is 13.2. The molecule has 134 valence electrons. The minimum Gasteiger partial charge on any atom is -0.497 e. The summed E-state index contributed by atoms with van der Waals surface area (Å²) in [7, 11) is 3.03. The minimum atomic E-state index is -0.325. The quantitative estimate of drug-likeness (QED) is 0.364. The summed E-state index contributed by atoms with van der Waals surface area (Å²) in [5, 5.41) is 5.43. The predicted molar refractivity (Wildman–Crippen MR) is 101 cm³/mol. The van der Waals surface area contributed by atoms with Crippen LogP contribution in [0.2, 0.25) is 0 Å². The van der Waals surface area contributed by atoms with E-state index in [4.69, 9.17) is 4.74 Å². The molecule has 5 nitrogen and oxygen atoms in total. The number of esters is 1. The first kappa shape index (κ1) is 19.2. The van der Waals surface area contributed by atoms with Crippen molar-refractivity contribution in [2.24, 2.45) is 5.18 Å². The van der Waals surface area contributed by atoms with E-state index in [2.05, 4.69) is 16.0 Å². The molecule has 2 aromatic rings. The Bertz CT molecular complexity index is 734. The molecule has 0 aliphatic carbocycles. The van der Waals surface area contributed by atoms with Gasteiger partial charge in [0.15, 0.2) is 0 Å². The lowest BCUT2D eigenvalue weighted by Crippen LogP contribution is -2.18. The summed E-state index contributed by atoms with van der Waals surface area (Å²) in [4.78, 5) is 23.3. The van der Waals surface area contributed by atoms with Crippen molar-refractivity contribution in [1.29, 1.82) is 0 Å². The Kier molecular flexibility index (Phi) is 7.25. The number of rotatable bonds is 9. The van der Waals surface area contributed by atoms with Crippen molar-refractivity contribution in [3.8, 4) is 5.75 Å². The van der Waals surface area contributed by atoms with Crippen LogP contribution in [-0.4, -0.2) is 31.5 Å². The fourth-order valence-corrected chi connectivity index (χ4v) is 3.82. The van der Waals surface area contributed by atoms with Gasteiger partial charge >= 0.3 is 5.97 Å². The third-order valence-corrected chi connectivity index (χ3v) is 5.57. The predicted octanol–water partition coefficient (Wildman–Crippen LogP) is 4.81. The van der Waals surface area contributed by atoms with Crippen LogP contribution in [0.1, 0.15) is 26.2 Å². The van der Waals surface area contributed by atoms with E-state index in [9.17, 15) is 9.70 Å². The molecule has 0 bridgehead atoms. The van der Waals surface area contributed by atoms with Gasteiger partial charge in [0.25, 0.3) is 0 Å². The van der Waals surface area contributed by atoms with E-state index >= 15 is 0 Å². The van der Waals surface area contributed by atoms with Gasteiger partial charge in [-0.3, -0.25) is 4.79 Å². The molecule has 2 rings (SSSR count). The number of hydrogen-bond donors (Lipinski definition) is 0. The van der Waals surface area contributed by atoms with Crippen LogP contribution in [0.25, 0.3) is 10.8 Å². The van der Waals surface area contributed by atoms with Gasteiger partial charge in [-0.15, -0.1) is 11.8 Å². The van der Waals surface area contributed by atoms with Gasteiger partial charge in [-0.25, -0.2) is 0 Å². The standard InChI is InChI=1S/C19H23NO4S/c1-13(20-22)18(5-4-6-19(21)24-3)25-17-10-8-14-11-16(23-2)9-7-15(14)12-17/h7-13,18H,4-6H2,1-3H3. The van der Waals surface area contributed by atoms with Gasteiger partial charge in [0, 0.05) is 16.6 Å². The average molecular weight is 361 g/mol. The van der Waals surface area contributed by atoms with E-state index in [1.807, 2.05) is 37.3 Å². The van der Waals surface area contributed by atoms with Crippen LogP contribution in [0.4, 0.5) is 0 Å². The second-order valence-electron chi connectivity index (χ2n) is 5.85. The molecule has 2 atom stereocenters. The Morgan fingerprint density at radius 3 is 2.56 bits per heavy atom. The molecule has 0 aliphatic rings. The van der Waals surface area contributed by atoms with Crippen molar-refractivity contribution in [2.75, 3.05) is 14.2 Å². The summed E-state index contributed by atoms with van der Waals surface area (Å²) < 4.78 is 9.91. The molecule has 0 fully saturated rings. The number of fused-ring (bicyclic) bond motifs is 1. The number of benzene rings is 2. The number of ether oxygens (including phenoxy) is 2. The number of carbonyl (C=O) groups excluding carboxylic acids is 1. The molecule has 0 heterocycles. The lowest BCUT2D eigenvalue weighted by Gasteiger charge is -2.18. The zero-order valence-corrected chi connectivity index (χ0v) is 15.5. The lowest BCUT2D eigenvalue weighted by molar-refractivity contribution is -0.140. The summed E-state index contributed by atoms with van der Waals surface area (Å²) in [6.07, 6.45) is 1.76. The topological polar surface area (TPSA) is 65.0 Å². The molecule has 0 N–H and O–H groups in total. The van der Waals surface area contributed by atoms with Gasteiger partial charge in [0.05, 0.1) is 14.2 Å². The smallest absolute Gasteiger partial charge is 0.305 e. The average Bonchev–Trinajstić information content (AvgIpc) is 2.65. The Labute approximate surface area is 152 Å². The number of carbonyl (C=O) groups is 1. The van der Waals surface area contributed by atoms with Gasteiger partial charge in [0.1, 0.15) is 11.8 Å². The largest absolute Gasteiger partial charge is 0.497 e. The van der Waals surface area contributed by atoms with Crippen molar-refractivity contribution in [2.45, 2.75) is 42.4 Å². The molecule has 25 heavy (non-hydrogen) atoms. The second-order valence-corrected chi connectivity index (χ2v) is 7.16. The maximum absolute atomic E-state index is 11.3. The van der Waals surface area contributed by atoms with E-state index in [-0.39, 0.29) is 17.3 Å². The molecule has 2 unspecified atom stereocenters. The van der Waals surface area contributed by atoms with Gasteiger partial charge in [-0.1, -0.05) is 17.3 Å². The molecule has 0 aliphatic heterocycles. The van der Waals surface area contributed by atoms with E-state index in [1.54, 1.807) is 18.9 Å². The molecule has 2 aromatic carbocycles. The third-order valence-electron chi connectivity index (χ3n) is 4.11. The Morgan fingerprint density at radius 1 is 1.16 bits per heavy atom. The van der Waals surface area contributed by atoms with Gasteiger partial charge in [-0.2, -0.15) is 4.91 Å². The summed E-state index contributed by atoms with van der Waals surface area (Å²) in [5.41, 5.74) is 0. The number of methoxy groups -OCH3 is 2. The van der Waals surface area contributed by atoms with Crippen LogP contribution in [0.5, 0.6) is 5.75 Å². The van der Waals surface area contributed by atoms with Crippen molar-refractivity contribution < 1.29 is 14.3 Å². The Hall–Kier alpha value is -2.08. The Morgan fingerprint density at radius 2 is 1.88 bits per heavy atom. The van der Waals surface area contributed by atoms with Crippen LogP contribution >= 0.6 is 11.8 Å². The molecule has 0 saturated heterocycles. The number of thioether (sulfide) groups is 1. The van der Waals surface area contributed by atoms with E-state index in [0.29, 0.717) is 12.8 Å². The fraction of sp³-hybridized carbons (Fsp3) is 0.421. The zero-order valence-electron chi connectivity index (χ0n) is 14.7. The van der Waals surface area contributed by atoms with Crippen LogP contribution in [0.15, 0.2) is 46.5 Å². The first-order valence-electron chi connectivity index (χ1n) is 8.21. The van der Waals surface area contributed by atoms with Crippen molar-refractivity contribution in [3.63, 3.8) is 0 Å². The van der Waals surface area contributed by atoms with Crippen LogP contribution < -0.4 is 4.74 Å². The highest BCUT2D eigenvalue weighted by Crippen LogP contribution is 2.33. The molecule has 0 spiro atoms. The SMILES string of the molecule is COC(=O)CCCC(Sc1ccc2cc(OC)ccc2c1)C(C)N=O. The number of nitroso groups, excluding NO2 is 1. The zero-order chi connectivity index (χ0) is 18.2. The van der Waals surface area contributed by atoms with Crippen molar-refractivity contribution in [1.82, 2.24) is 0 Å². The van der Waals surface area contributed by atoms with Crippen LogP contribution in [-0.2, 0) is 9.53 Å². The summed E-state index contributed by atoms with van der Waals surface area (Å²) in [5.74, 6) is 0.600. The number of nitrogens with zero attached hydrogens (tertiary/aromatic N) is 1. The molecule has 6 heteroatoms. The van der Waals surface area contributed by atoms with Crippen LogP contribution in [0, 0.1) is 4.91 Å². The van der Waals surface area contributed by atoms with E-state index in [0.717, 1.165) is 27.8 Å². The van der Waals surface area contributed by atoms with Crippen LogP contribution in [0.3, 0.4) is 0 Å². The first-order chi connectivity index (χ1) is 12.1. The summed E-state index contributed by atoms with van der Waals surface area (Å²) >= 11 is 1.63. The van der Waals surface area contributed by atoms with E-state index in [1.165, 1.54) is 7.11 Å². The Balaban J connectivity index is 2.10. The van der Waals surface area contributed by atoms with E-state index < -0.39 is 0 Å². The maximum Gasteiger partial charge on any atom is 0.305 e. The molecular weight excluding hydrogens is 338 g/mol. The fourth-order valence-electron chi connectivity index (χ4n) is 2.59. The van der Waals surface area contributed by atoms with Crippen molar-refractivity contribution >= 4 is 28.5 Å². The second kappa shape index (κ2) is 9.42. The molecular formula is C19H23NO4S. The van der Waals surface area contributed by atoms with Crippen molar-refractivity contribution in [3.05, 3.63) is 41.3 Å². The highest BCUT2D eigenvalue weighted by Gasteiger charge is 2.20. The highest BCUT2D eigenvalue weighted by atomic mass is 32.2. The third kappa shape index (κ3) is 5.46. The monoisotopic (exact) mass is 361 g/mol. The first-order valence-corrected chi connectivity index (χ1v) is 9.09. The molecule has 0 saturated carbocycles. The molecule has 0 aromatic heterocycles. The highest BCUT2D eigenvalue weighted by molar-refractivity contribution is 8.00. The lowest BCUT2D eigenvalue weighted by atomic mass is 10.1.